The first kappa shape index (κ1) is 8.61. The zero-order valence-corrected chi connectivity index (χ0v) is 7.24. The van der Waals surface area contributed by atoms with Gasteiger partial charge in [-0.2, -0.15) is 0 Å². The van der Waals surface area contributed by atoms with Crippen molar-refractivity contribution in [3.63, 3.8) is 0 Å². The predicted octanol–water partition coefficient (Wildman–Crippen LogP) is 1.83. The molecule has 2 heteroatoms. The van der Waals surface area contributed by atoms with Crippen LogP contribution in [-0.2, 0) is 0 Å². The number of hydrogen-bond acceptors (Lipinski definition) is 2. The number of terminal acetylenes is 1. The summed E-state index contributed by atoms with van der Waals surface area (Å²) in [4.78, 5) is 4.15. The molecule has 1 heterocycles. The molecule has 1 rings (SSSR count). The molecule has 0 aliphatic heterocycles. The van der Waals surface area contributed by atoms with Crippen LogP contribution in [0.1, 0.15) is 18.5 Å². The molecule has 0 bridgehead atoms. The highest BCUT2D eigenvalue weighted by Gasteiger charge is 2.08. The second-order valence-corrected chi connectivity index (χ2v) is 2.48. The summed E-state index contributed by atoms with van der Waals surface area (Å²) in [6, 6.07) is 3.68. The lowest BCUT2D eigenvalue weighted by Crippen LogP contribution is -1.97. The summed E-state index contributed by atoms with van der Waals surface area (Å²) in [5.41, 5.74) is 0.822. The topological polar surface area (TPSA) is 22.1 Å². The Balaban J connectivity index is 3.06. The minimum absolute atomic E-state index is 0.00106. The van der Waals surface area contributed by atoms with E-state index in [1.54, 1.807) is 13.3 Å². The highest BCUT2D eigenvalue weighted by Crippen LogP contribution is 2.22. The molecule has 62 valence electrons. The largest absolute Gasteiger partial charge is 0.495 e. The fourth-order valence-electron chi connectivity index (χ4n) is 0.980. The first-order valence-electron chi connectivity index (χ1n) is 3.74. The van der Waals surface area contributed by atoms with Gasteiger partial charge in [0.05, 0.1) is 18.7 Å². The molecule has 1 aromatic rings. The zero-order valence-electron chi connectivity index (χ0n) is 7.24. The summed E-state index contributed by atoms with van der Waals surface area (Å²) in [5.74, 6) is 3.37. The highest BCUT2D eigenvalue weighted by molar-refractivity contribution is 5.33. The second-order valence-electron chi connectivity index (χ2n) is 2.48. The first-order valence-corrected chi connectivity index (χ1v) is 3.74. The summed E-state index contributed by atoms with van der Waals surface area (Å²) in [7, 11) is 1.61. The van der Waals surface area contributed by atoms with Crippen molar-refractivity contribution >= 4 is 0 Å². The zero-order chi connectivity index (χ0) is 8.97. The van der Waals surface area contributed by atoms with Gasteiger partial charge in [-0.25, -0.2) is 0 Å². The molecule has 0 aliphatic carbocycles. The Kier molecular flexibility index (Phi) is 2.71. The van der Waals surface area contributed by atoms with Gasteiger partial charge >= 0.3 is 0 Å². The van der Waals surface area contributed by atoms with Crippen molar-refractivity contribution in [3.8, 4) is 18.1 Å². The lowest BCUT2D eigenvalue weighted by atomic mass is 10.1. The average molecular weight is 161 g/mol. The van der Waals surface area contributed by atoms with Gasteiger partial charge in [0.1, 0.15) is 5.75 Å². The molecule has 0 saturated heterocycles. The molecular formula is C10H11NO. The van der Waals surface area contributed by atoms with Crippen LogP contribution >= 0.6 is 0 Å². The van der Waals surface area contributed by atoms with Crippen molar-refractivity contribution in [2.24, 2.45) is 0 Å². The summed E-state index contributed by atoms with van der Waals surface area (Å²) < 4.78 is 5.11. The number of rotatable bonds is 2. The van der Waals surface area contributed by atoms with Crippen LogP contribution in [0.5, 0.6) is 5.75 Å². The number of nitrogens with zero attached hydrogens (tertiary/aromatic N) is 1. The molecule has 0 spiro atoms. The van der Waals surface area contributed by atoms with Gasteiger partial charge in [0.15, 0.2) is 0 Å². The Morgan fingerprint density at radius 2 is 2.42 bits per heavy atom. The van der Waals surface area contributed by atoms with E-state index in [2.05, 4.69) is 10.9 Å². The van der Waals surface area contributed by atoms with Gasteiger partial charge in [-0.3, -0.25) is 4.98 Å². The van der Waals surface area contributed by atoms with Gasteiger partial charge in [-0.1, -0.05) is 5.92 Å². The second kappa shape index (κ2) is 3.77. The Labute approximate surface area is 72.6 Å². The van der Waals surface area contributed by atoms with E-state index in [0.717, 1.165) is 11.4 Å². The Hall–Kier alpha value is -1.49. The van der Waals surface area contributed by atoms with Crippen LogP contribution in [-0.4, -0.2) is 12.1 Å². The minimum Gasteiger partial charge on any atom is -0.495 e. The van der Waals surface area contributed by atoms with Gasteiger partial charge in [0, 0.05) is 6.20 Å². The fourth-order valence-corrected chi connectivity index (χ4v) is 0.980. The van der Waals surface area contributed by atoms with E-state index in [1.165, 1.54) is 0 Å². The monoisotopic (exact) mass is 161 g/mol. The number of methoxy groups -OCH3 is 1. The molecule has 0 amide bonds. The van der Waals surface area contributed by atoms with Crippen LogP contribution in [0, 0.1) is 12.3 Å². The Morgan fingerprint density at radius 3 is 3.00 bits per heavy atom. The Bertz CT molecular complexity index is 301. The van der Waals surface area contributed by atoms with Crippen LogP contribution < -0.4 is 4.74 Å². The summed E-state index contributed by atoms with van der Waals surface area (Å²) in [6.45, 7) is 1.92. The molecule has 12 heavy (non-hydrogen) atoms. The van der Waals surface area contributed by atoms with Gasteiger partial charge in [-0.15, -0.1) is 6.42 Å². The third kappa shape index (κ3) is 1.57. The molecule has 1 aromatic heterocycles. The summed E-state index contributed by atoms with van der Waals surface area (Å²) in [6.07, 6.45) is 7.00. The molecule has 0 aliphatic rings. The lowest BCUT2D eigenvalue weighted by Gasteiger charge is -2.08. The van der Waals surface area contributed by atoms with Gasteiger partial charge in [0.2, 0.25) is 0 Å². The standard InChI is InChI=1S/C10H11NO/c1-4-8(2)10-9(12-3)6-5-7-11-10/h1,5-8H,2-3H3. The van der Waals surface area contributed by atoms with Gasteiger partial charge in [0.25, 0.3) is 0 Å². The molecule has 1 atom stereocenters. The first-order chi connectivity index (χ1) is 5.79. The van der Waals surface area contributed by atoms with E-state index in [0.29, 0.717) is 0 Å². The number of pyridine rings is 1. The van der Waals surface area contributed by atoms with Crippen molar-refractivity contribution in [1.82, 2.24) is 4.98 Å². The van der Waals surface area contributed by atoms with Crippen molar-refractivity contribution in [2.75, 3.05) is 7.11 Å². The maximum Gasteiger partial charge on any atom is 0.141 e. The maximum atomic E-state index is 5.28. The highest BCUT2D eigenvalue weighted by atomic mass is 16.5. The minimum atomic E-state index is 0.00106. The number of ether oxygens (including phenoxy) is 1. The third-order valence-corrected chi connectivity index (χ3v) is 1.68. The average Bonchev–Trinajstić information content (AvgIpc) is 2.16. The summed E-state index contributed by atoms with van der Waals surface area (Å²) >= 11 is 0. The number of hydrogen-bond donors (Lipinski definition) is 0. The van der Waals surface area contributed by atoms with Crippen LogP contribution in [0.15, 0.2) is 18.3 Å². The smallest absolute Gasteiger partial charge is 0.141 e. The predicted molar refractivity (Wildman–Crippen MR) is 48.0 cm³/mol. The van der Waals surface area contributed by atoms with E-state index >= 15 is 0 Å². The molecule has 1 unspecified atom stereocenters. The lowest BCUT2D eigenvalue weighted by molar-refractivity contribution is 0.406. The van der Waals surface area contributed by atoms with E-state index in [1.807, 2.05) is 19.1 Å². The molecule has 2 nitrogen and oxygen atoms in total. The third-order valence-electron chi connectivity index (χ3n) is 1.68. The Morgan fingerprint density at radius 1 is 1.67 bits per heavy atom. The molecule has 0 saturated carbocycles. The van der Waals surface area contributed by atoms with Crippen molar-refractivity contribution < 1.29 is 4.74 Å². The van der Waals surface area contributed by atoms with Gasteiger partial charge < -0.3 is 4.74 Å². The van der Waals surface area contributed by atoms with Crippen LogP contribution in [0.25, 0.3) is 0 Å². The van der Waals surface area contributed by atoms with Crippen LogP contribution in [0.3, 0.4) is 0 Å². The molecule has 0 N–H and O–H groups in total. The number of aromatic nitrogens is 1. The maximum absolute atomic E-state index is 5.28. The van der Waals surface area contributed by atoms with E-state index < -0.39 is 0 Å². The normalized spacial score (nSPS) is 11.8. The summed E-state index contributed by atoms with van der Waals surface area (Å²) in [5, 5.41) is 0. The molecule has 0 radical (unpaired) electrons. The van der Waals surface area contributed by atoms with E-state index in [4.69, 9.17) is 11.2 Å². The van der Waals surface area contributed by atoms with Crippen molar-refractivity contribution in [3.05, 3.63) is 24.0 Å². The van der Waals surface area contributed by atoms with Crippen molar-refractivity contribution in [1.29, 1.82) is 0 Å². The molecule has 0 aromatic carbocycles. The van der Waals surface area contributed by atoms with Crippen molar-refractivity contribution in [2.45, 2.75) is 12.8 Å². The van der Waals surface area contributed by atoms with E-state index in [-0.39, 0.29) is 5.92 Å². The van der Waals surface area contributed by atoms with Crippen LogP contribution in [0.4, 0.5) is 0 Å². The quantitative estimate of drug-likeness (QED) is 0.617. The fraction of sp³-hybridized carbons (Fsp3) is 0.300. The SMILES string of the molecule is C#CC(C)c1ncccc1OC. The molecule has 0 fully saturated rings. The van der Waals surface area contributed by atoms with Gasteiger partial charge in [-0.05, 0) is 19.1 Å². The molecular weight excluding hydrogens is 150 g/mol. The van der Waals surface area contributed by atoms with Crippen LogP contribution in [0.2, 0.25) is 0 Å². The van der Waals surface area contributed by atoms with E-state index in [9.17, 15) is 0 Å².